The van der Waals surface area contributed by atoms with Crippen molar-refractivity contribution in [1.82, 2.24) is 29.4 Å². The van der Waals surface area contributed by atoms with E-state index < -0.39 is 22.1 Å². The molecular weight excluding hydrogens is 687 g/mol. The number of ether oxygens (including phenoxy) is 1. The molecule has 5 heterocycles. The number of nitrogens with one attached hydrogen (secondary N) is 1. The molecule has 11 nitrogen and oxygen atoms in total. The van der Waals surface area contributed by atoms with Gasteiger partial charge in [0.15, 0.2) is 5.65 Å². The highest BCUT2D eigenvalue weighted by molar-refractivity contribution is 7.92. The van der Waals surface area contributed by atoms with E-state index in [1.54, 1.807) is 24.4 Å². The average molecular weight is 736 g/mol. The third kappa shape index (κ3) is 6.89. The molecule has 278 valence electrons. The van der Waals surface area contributed by atoms with E-state index in [4.69, 9.17) is 14.7 Å². The van der Waals surface area contributed by atoms with Crippen molar-refractivity contribution >= 4 is 33.0 Å². The topological polar surface area (TPSA) is 132 Å². The van der Waals surface area contributed by atoms with E-state index in [-0.39, 0.29) is 51.5 Å². The Morgan fingerprint density at radius 3 is 2.32 bits per heavy atom. The molecule has 3 aromatic heterocycles. The van der Waals surface area contributed by atoms with Crippen molar-refractivity contribution in [1.29, 1.82) is 0 Å². The first-order chi connectivity index (χ1) is 24.9. The number of carbonyl (C=O) groups is 1. The van der Waals surface area contributed by atoms with Crippen LogP contribution in [-0.2, 0) is 22.5 Å². The van der Waals surface area contributed by atoms with Crippen LogP contribution in [0, 0.1) is 25.2 Å². The number of nitrogens with zero attached hydrogens (tertiary/aromatic N) is 6. The molecule has 1 amide bonds. The smallest absolute Gasteiger partial charge is 0.264 e. The van der Waals surface area contributed by atoms with E-state index in [0.717, 1.165) is 46.4 Å². The lowest BCUT2D eigenvalue weighted by Crippen LogP contribution is -2.51. The van der Waals surface area contributed by atoms with Gasteiger partial charge in [-0.1, -0.05) is 72.2 Å². The first-order valence-electron chi connectivity index (χ1n) is 18.3. The number of sulfonamides is 1. The zero-order valence-electron chi connectivity index (χ0n) is 32.1. The standard InChI is InChI=1S/C41H49N7O4S/c1-24-13-10-14-25(2)36(24)29-21-35-45-39(44-29)46-53(50,51)27-16-11-15-26(19-27)38(49)48-32(18-12-17-28(40(3,4)5)33(48)23-52-35)31-22-42-30-20-34(41(6,7)8)47(9)37(30)43-31/h10-11,13-16,19-22,28,32-33H,12,17-18,23H2,1-9H3,(H,44,45,46)/t28-,32+,33+/m1/s1. The fourth-order valence-electron chi connectivity index (χ4n) is 8.23. The second-order valence-electron chi connectivity index (χ2n) is 16.7. The Morgan fingerprint density at radius 2 is 1.62 bits per heavy atom. The predicted molar refractivity (Wildman–Crippen MR) is 206 cm³/mol. The largest absolute Gasteiger partial charge is 0.475 e. The summed E-state index contributed by atoms with van der Waals surface area (Å²) in [4.78, 5) is 36.3. The number of aromatic nitrogens is 5. The van der Waals surface area contributed by atoms with Crippen LogP contribution in [0.3, 0.4) is 0 Å². The van der Waals surface area contributed by atoms with Gasteiger partial charge in [0.1, 0.15) is 12.1 Å². The lowest BCUT2D eigenvalue weighted by molar-refractivity contribution is 0.0198. The van der Waals surface area contributed by atoms with E-state index >= 15 is 4.79 Å². The van der Waals surface area contributed by atoms with Gasteiger partial charge in [-0.2, -0.15) is 4.98 Å². The molecule has 0 radical (unpaired) electrons. The van der Waals surface area contributed by atoms with Crippen LogP contribution in [0.4, 0.5) is 5.95 Å². The van der Waals surface area contributed by atoms with Gasteiger partial charge in [-0.05, 0) is 73.4 Å². The molecular formula is C41H49N7O4S. The van der Waals surface area contributed by atoms with Gasteiger partial charge in [0, 0.05) is 35.3 Å². The molecule has 53 heavy (non-hydrogen) atoms. The van der Waals surface area contributed by atoms with Crippen molar-refractivity contribution < 1.29 is 17.9 Å². The number of aryl methyl sites for hydroxylation is 3. The highest BCUT2D eigenvalue weighted by atomic mass is 32.2. The zero-order valence-corrected chi connectivity index (χ0v) is 32.9. The van der Waals surface area contributed by atoms with Gasteiger partial charge in [-0.25, -0.2) is 23.1 Å². The highest BCUT2D eigenvalue weighted by Crippen LogP contribution is 2.44. The van der Waals surface area contributed by atoms with E-state index in [1.807, 2.05) is 44.0 Å². The van der Waals surface area contributed by atoms with Crippen molar-refractivity contribution in [3.05, 3.63) is 88.9 Å². The van der Waals surface area contributed by atoms with Gasteiger partial charge < -0.3 is 14.2 Å². The lowest BCUT2D eigenvalue weighted by atomic mass is 9.74. The summed E-state index contributed by atoms with van der Waals surface area (Å²) in [5.41, 5.74) is 6.63. The summed E-state index contributed by atoms with van der Waals surface area (Å²) in [7, 11) is -2.20. The fraction of sp³-hybridized carbons (Fsp3) is 0.439. The third-order valence-corrected chi connectivity index (χ3v) is 12.1. The minimum absolute atomic E-state index is 0.0187. The van der Waals surface area contributed by atoms with Crippen LogP contribution in [0.2, 0.25) is 0 Å². The third-order valence-electron chi connectivity index (χ3n) is 10.8. The summed E-state index contributed by atoms with van der Waals surface area (Å²) < 4.78 is 39.1. The molecule has 2 aliphatic heterocycles. The number of amides is 1. The van der Waals surface area contributed by atoms with Crippen molar-refractivity contribution in [3.8, 4) is 17.1 Å². The molecule has 0 unspecified atom stereocenters. The van der Waals surface area contributed by atoms with Gasteiger partial charge in [0.05, 0.1) is 34.6 Å². The minimum Gasteiger partial charge on any atom is -0.475 e. The van der Waals surface area contributed by atoms with Gasteiger partial charge in [0.25, 0.3) is 15.9 Å². The normalized spacial score (nSPS) is 20.7. The molecule has 1 N–H and O–H groups in total. The highest BCUT2D eigenvalue weighted by Gasteiger charge is 2.45. The molecule has 0 saturated carbocycles. The minimum atomic E-state index is -4.20. The second-order valence-corrected chi connectivity index (χ2v) is 18.3. The molecule has 7 rings (SSSR count). The molecule has 0 spiro atoms. The molecule has 1 fully saturated rings. The Balaban J connectivity index is 1.43. The summed E-state index contributed by atoms with van der Waals surface area (Å²) in [6.45, 7) is 17.2. The lowest BCUT2D eigenvalue weighted by Gasteiger charge is -2.43. The average Bonchev–Trinajstić information content (AvgIpc) is 3.29. The van der Waals surface area contributed by atoms with E-state index in [0.29, 0.717) is 17.8 Å². The molecule has 0 aliphatic carbocycles. The van der Waals surface area contributed by atoms with Gasteiger partial charge in [-0.3, -0.25) is 9.78 Å². The molecule has 3 atom stereocenters. The van der Waals surface area contributed by atoms with Crippen LogP contribution in [0.25, 0.3) is 22.4 Å². The SMILES string of the molecule is Cc1cccc(C)c1-c1cc2nc(n1)NS(=O)(=O)c1cccc(c1)C(=O)N1[C@H](c3cnc4cc(C(C)(C)C)n(C)c4n3)CCC[C@@H](C(C)(C)C)[C@@H]1CO2. The Bertz CT molecular complexity index is 2320. The molecule has 1 saturated heterocycles. The predicted octanol–water partition coefficient (Wildman–Crippen LogP) is 7.93. The van der Waals surface area contributed by atoms with Crippen molar-refractivity contribution in [3.63, 3.8) is 0 Å². The number of carbonyl (C=O) groups excluding carboxylic acids is 1. The van der Waals surface area contributed by atoms with Gasteiger partial charge in [-0.15, -0.1) is 0 Å². The first-order valence-corrected chi connectivity index (χ1v) is 19.8. The van der Waals surface area contributed by atoms with Crippen LogP contribution in [-0.4, -0.2) is 56.4 Å². The maximum Gasteiger partial charge on any atom is 0.264 e. The van der Waals surface area contributed by atoms with Gasteiger partial charge in [0.2, 0.25) is 11.8 Å². The number of anilines is 1. The summed E-state index contributed by atoms with van der Waals surface area (Å²) in [6, 6.07) is 15.1. The van der Waals surface area contributed by atoms with Gasteiger partial charge >= 0.3 is 0 Å². The van der Waals surface area contributed by atoms with Crippen LogP contribution >= 0.6 is 0 Å². The maximum absolute atomic E-state index is 15.1. The van der Waals surface area contributed by atoms with Crippen LogP contribution in [0.5, 0.6) is 5.88 Å². The number of benzene rings is 2. The summed E-state index contributed by atoms with van der Waals surface area (Å²) in [6.07, 6.45) is 4.14. The van der Waals surface area contributed by atoms with Crippen LogP contribution < -0.4 is 9.46 Å². The molecule has 5 aromatic rings. The van der Waals surface area contributed by atoms with Crippen LogP contribution in [0.1, 0.15) is 99.7 Å². The van der Waals surface area contributed by atoms with E-state index in [9.17, 15) is 8.42 Å². The van der Waals surface area contributed by atoms with E-state index in [2.05, 4.69) is 66.9 Å². The summed E-state index contributed by atoms with van der Waals surface area (Å²) in [5.74, 6) is -0.179. The Labute approximate surface area is 312 Å². The molecule has 4 bridgehead atoms. The molecule has 2 aromatic carbocycles. The Hall–Kier alpha value is -4.84. The van der Waals surface area contributed by atoms with Crippen molar-refractivity contribution in [2.24, 2.45) is 18.4 Å². The van der Waals surface area contributed by atoms with E-state index in [1.165, 1.54) is 12.1 Å². The maximum atomic E-state index is 15.1. The summed E-state index contributed by atoms with van der Waals surface area (Å²) >= 11 is 0. The van der Waals surface area contributed by atoms with Crippen molar-refractivity contribution in [2.75, 3.05) is 11.3 Å². The second kappa shape index (κ2) is 13.2. The number of hydrogen-bond donors (Lipinski definition) is 1. The zero-order chi connectivity index (χ0) is 38.0. The first kappa shape index (κ1) is 36.5. The monoisotopic (exact) mass is 735 g/mol. The quantitative estimate of drug-likeness (QED) is 0.193. The molecule has 12 heteroatoms. The Morgan fingerprint density at radius 1 is 0.906 bits per heavy atom. The number of fused-ring (bicyclic) bond motifs is 6. The molecule has 2 aliphatic rings. The van der Waals surface area contributed by atoms with Crippen molar-refractivity contribution in [2.45, 2.75) is 97.0 Å². The number of rotatable bonds is 2. The van der Waals surface area contributed by atoms with Crippen LogP contribution in [0.15, 0.2) is 65.7 Å². The Kier molecular flexibility index (Phi) is 9.11. The summed E-state index contributed by atoms with van der Waals surface area (Å²) in [5, 5.41) is 0. The fourth-order valence-corrected chi connectivity index (χ4v) is 9.22. The number of hydrogen-bond acceptors (Lipinski definition) is 8.